The summed E-state index contributed by atoms with van der Waals surface area (Å²) < 4.78 is 11.0. The third-order valence-electron chi connectivity index (χ3n) is 6.80. The lowest BCUT2D eigenvalue weighted by Crippen LogP contribution is -2.32. The predicted octanol–water partition coefficient (Wildman–Crippen LogP) is 5.96. The molecule has 2 saturated carbocycles. The number of benzene rings is 2. The Balaban J connectivity index is 1.08. The fourth-order valence-electron chi connectivity index (χ4n) is 4.66. The van der Waals surface area contributed by atoms with Gasteiger partial charge in [0, 0.05) is 0 Å². The lowest BCUT2D eigenvalue weighted by molar-refractivity contribution is -0.282. The van der Waals surface area contributed by atoms with Gasteiger partial charge in [0.2, 0.25) is 0 Å². The Morgan fingerprint density at radius 2 is 0.947 bits per heavy atom. The topological polar surface area (TPSA) is 107 Å². The first-order chi connectivity index (χ1) is 18.4. The molecule has 2 fully saturated rings. The summed E-state index contributed by atoms with van der Waals surface area (Å²) >= 11 is 0. The van der Waals surface area contributed by atoms with E-state index < -0.39 is 18.1 Å². The summed E-state index contributed by atoms with van der Waals surface area (Å²) in [6.07, 6.45) is 3.07. The summed E-state index contributed by atoms with van der Waals surface area (Å²) in [6.45, 7) is 3.80. The van der Waals surface area contributed by atoms with Crippen molar-refractivity contribution in [3.05, 3.63) is 70.8 Å². The molecule has 9 heteroatoms. The van der Waals surface area contributed by atoms with Crippen LogP contribution in [0, 0.1) is 13.8 Å². The zero-order valence-electron chi connectivity index (χ0n) is 21.8. The molecular weight excluding hydrogens is 492 g/mol. The highest BCUT2D eigenvalue weighted by Crippen LogP contribution is 2.27. The maximum absolute atomic E-state index is 12.3. The largest absolute Gasteiger partial charge is 0.508 e. The van der Waals surface area contributed by atoms with Gasteiger partial charge in [0.05, 0.1) is 11.1 Å². The minimum atomic E-state index is -0.685. The van der Waals surface area contributed by atoms with E-state index in [0.717, 1.165) is 11.1 Å². The second-order valence-electron chi connectivity index (χ2n) is 9.96. The van der Waals surface area contributed by atoms with Crippen LogP contribution in [0.2, 0.25) is 0 Å². The molecule has 0 heterocycles. The van der Waals surface area contributed by atoms with Crippen LogP contribution in [0.1, 0.15) is 83.2 Å². The summed E-state index contributed by atoms with van der Waals surface area (Å²) in [6, 6.07) is 14.2. The van der Waals surface area contributed by atoms with E-state index in [-0.39, 0.29) is 24.4 Å². The Bertz CT molecular complexity index is 1010. The molecule has 4 rings (SSSR count). The minimum absolute atomic E-state index is 0.241. The van der Waals surface area contributed by atoms with Gasteiger partial charge in [0.25, 0.3) is 0 Å². The highest BCUT2D eigenvalue weighted by molar-refractivity contribution is 5.89. The van der Waals surface area contributed by atoms with Crippen molar-refractivity contribution < 1.29 is 43.4 Å². The average molecular weight is 527 g/mol. The smallest absolute Gasteiger partial charge is 0.431 e. The maximum atomic E-state index is 12.3. The van der Waals surface area contributed by atoms with Gasteiger partial charge in [0.1, 0.15) is 24.4 Å². The summed E-state index contributed by atoms with van der Waals surface area (Å²) in [4.78, 5) is 57.2. The molecule has 204 valence electrons. The van der Waals surface area contributed by atoms with E-state index in [1.807, 2.05) is 26.0 Å². The van der Waals surface area contributed by atoms with Crippen molar-refractivity contribution >= 4 is 18.1 Å². The second kappa shape index (κ2) is 13.4. The molecule has 2 aliphatic carbocycles. The van der Waals surface area contributed by atoms with Crippen LogP contribution in [-0.4, -0.2) is 42.5 Å². The van der Waals surface area contributed by atoms with Crippen LogP contribution in [-0.2, 0) is 29.0 Å². The number of aryl methyl sites for hydroxylation is 2. The van der Waals surface area contributed by atoms with E-state index >= 15 is 0 Å². The highest BCUT2D eigenvalue weighted by Gasteiger charge is 2.30. The molecule has 2 aromatic rings. The molecule has 0 unspecified atom stereocenters. The van der Waals surface area contributed by atoms with Crippen LogP contribution in [0.25, 0.3) is 0 Å². The van der Waals surface area contributed by atoms with Crippen LogP contribution < -0.4 is 0 Å². The lowest BCUT2D eigenvalue weighted by atomic mass is 9.95. The van der Waals surface area contributed by atoms with Gasteiger partial charge in [-0.05, 0) is 89.5 Å². The van der Waals surface area contributed by atoms with Crippen LogP contribution in [0.5, 0.6) is 0 Å². The molecule has 0 atom stereocenters. The van der Waals surface area contributed by atoms with Crippen LogP contribution in [0.4, 0.5) is 4.79 Å². The molecule has 0 spiro atoms. The highest BCUT2D eigenvalue weighted by atomic mass is 17.2. The molecule has 2 aliphatic rings. The van der Waals surface area contributed by atoms with Crippen molar-refractivity contribution in [2.45, 2.75) is 89.6 Å². The summed E-state index contributed by atoms with van der Waals surface area (Å²) in [5, 5.41) is 0. The SMILES string of the molecule is Cc1cccc(C(=O)OOC2CCC(OC(=O)OC3CCC(OOC(=O)c4cccc(C)c4)CC3)CC2)c1. The van der Waals surface area contributed by atoms with Crippen molar-refractivity contribution in [2.75, 3.05) is 0 Å². The minimum Gasteiger partial charge on any atom is -0.431 e. The van der Waals surface area contributed by atoms with Crippen molar-refractivity contribution in [2.24, 2.45) is 0 Å². The Morgan fingerprint density at radius 1 is 0.579 bits per heavy atom. The third kappa shape index (κ3) is 8.29. The monoisotopic (exact) mass is 526 g/mol. The standard InChI is InChI=1S/C29H34O9/c1-19-5-3-7-21(17-19)27(30)37-35-25-13-9-23(10-14-25)33-29(32)34-24-11-15-26(16-12-24)36-38-28(31)22-8-4-6-20(2)18-22/h3-8,17-18,23-26H,9-16H2,1-2H3. The number of ether oxygens (including phenoxy) is 2. The van der Waals surface area contributed by atoms with Gasteiger partial charge >= 0.3 is 18.1 Å². The zero-order chi connectivity index (χ0) is 26.9. The first-order valence-corrected chi connectivity index (χ1v) is 13.1. The molecule has 0 saturated heterocycles. The Morgan fingerprint density at radius 3 is 1.32 bits per heavy atom. The third-order valence-corrected chi connectivity index (χ3v) is 6.80. The molecule has 0 amide bonds. The van der Waals surface area contributed by atoms with E-state index in [9.17, 15) is 14.4 Å². The van der Waals surface area contributed by atoms with Gasteiger partial charge in [-0.1, -0.05) is 35.4 Å². The van der Waals surface area contributed by atoms with Crippen LogP contribution in [0.15, 0.2) is 48.5 Å². The van der Waals surface area contributed by atoms with Gasteiger partial charge in [-0.25, -0.2) is 14.4 Å². The Kier molecular flexibility index (Phi) is 9.73. The molecule has 0 bridgehead atoms. The van der Waals surface area contributed by atoms with Crippen molar-refractivity contribution in [1.29, 1.82) is 0 Å². The number of hydrogen-bond acceptors (Lipinski definition) is 9. The Hall–Kier alpha value is -3.43. The molecule has 0 aromatic heterocycles. The Labute approximate surface area is 222 Å². The van der Waals surface area contributed by atoms with Crippen molar-refractivity contribution in [3.8, 4) is 0 Å². The fourth-order valence-corrected chi connectivity index (χ4v) is 4.66. The average Bonchev–Trinajstić information content (AvgIpc) is 2.92. The quantitative estimate of drug-likeness (QED) is 0.234. The first kappa shape index (κ1) is 27.6. The van der Waals surface area contributed by atoms with Crippen LogP contribution >= 0.6 is 0 Å². The van der Waals surface area contributed by atoms with E-state index in [4.69, 9.17) is 29.0 Å². The molecule has 2 aromatic carbocycles. The van der Waals surface area contributed by atoms with E-state index in [1.54, 1.807) is 36.4 Å². The van der Waals surface area contributed by atoms with Crippen LogP contribution in [0.3, 0.4) is 0 Å². The molecule has 0 radical (unpaired) electrons. The molecule has 38 heavy (non-hydrogen) atoms. The van der Waals surface area contributed by atoms with E-state index in [0.29, 0.717) is 62.5 Å². The van der Waals surface area contributed by atoms with Gasteiger partial charge < -0.3 is 9.47 Å². The van der Waals surface area contributed by atoms with Gasteiger partial charge in [-0.2, -0.15) is 9.78 Å². The number of carbonyl (C=O) groups is 3. The second-order valence-corrected chi connectivity index (χ2v) is 9.96. The molecular formula is C29H34O9. The summed E-state index contributed by atoms with van der Waals surface area (Å²) in [5.41, 5.74) is 2.80. The first-order valence-electron chi connectivity index (χ1n) is 13.1. The summed E-state index contributed by atoms with van der Waals surface area (Å²) in [7, 11) is 0. The normalized spacial score (nSPS) is 23.2. The van der Waals surface area contributed by atoms with E-state index in [1.165, 1.54) is 0 Å². The zero-order valence-corrected chi connectivity index (χ0v) is 21.8. The maximum Gasteiger partial charge on any atom is 0.508 e. The van der Waals surface area contributed by atoms with E-state index in [2.05, 4.69) is 0 Å². The number of carbonyl (C=O) groups excluding carboxylic acids is 3. The van der Waals surface area contributed by atoms with Gasteiger partial charge in [-0.15, -0.1) is 0 Å². The number of hydrogen-bond donors (Lipinski definition) is 0. The van der Waals surface area contributed by atoms with Gasteiger partial charge in [-0.3, -0.25) is 9.78 Å². The van der Waals surface area contributed by atoms with Gasteiger partial charge in [0.15, 0.2) is 0 Å². The predicted molar refractivity (Wildman–Crippen MR) is 135 cm³/mol. The number of rotatable bonds is 8. The molecule has 0 aliphatic heterocycles. The van der Waals surface area contributed by atoms with Crippen molar-refractivity contribution in [1.82, 2.24) is 0 Å². The molecule has 0 N–H and O–H groups in total. The summed E-state index contributed by atoms with van der Waals surface area (Å²) in [5.74, 6) is -1.06. The van der Waals surface area contributed by atoms with Crippen molar-refractivity contribution in [3.63, 3.8) is 0 Å². The molecule has 9 nitrogen and oxygen atoms in total. The fraction of sp³-hybridized carbons (Fsp3) is 0.483. The lowest BCUT2D eigenvalue weighted by Gasteiger charge is -2.29.